The van der Waals surface area contributed by atoms with Crippen molar-refractivity contribution in [2.24, 2.45) is 5.92 Å². The van der Waals surface area contributed by atoms with Gasteiger partial charge in [-0.25, -0.2) is 0 Å². The lowest BCUT2D eigenvalue weighted by atomic mass is 9.79. The monoisotopic (exact) mass is 500 g/mol. The first-order valence-electron chi connectivity index (χ1n) is 13.9. The van der Waals surface area contributed by atoms with Crippen LogP contribution in [0.1, 0.15) is 60.9 Å². The second-order valence-electron chi connectivity index (χ2n) is 11.1. The quantitative estimate of drug-likeness (QED) is 0.313. The fourth-order valence-electron chi connectivity index (χ4n) is 5.71. The van der Waals surface area contributed by atoms with Crippen LogP contribution in [0.25, 0.3) is 0 Å². The summed E-state index contributed by atoms with van der Waals surface area (Å²) >= 11 is 0. The van der Waals surface area contributed by atoms with Gasteiger partial charge >= 0.3 is 0 Å². The van der Waals surface area contributed by atoms with Crippen molar-refractivity contribution in [3.63, 3.8) is 0 Å². The largest absolute Gasteiger partial charge is 0.508 e. The van der Waals surface area contributed by atoms with Gasteiger partial charge in [0.1, 0.15) is 11.5 Å². The number of methoxy groups -OCH3 is 1. The maximum Gasteiger partial charge on any atom is 0.120 e. The Morgan fingerprint density at radius 1 is 0.973 bits per heavy atom. The van der Waals surface area contributed by atoms with Gasteiger partial charge in [0.05, 0.1) is 7.11 Å². The molecule has 1 unspecified atom stereocenters. The molecular weight excluding hydrogens is 456 g/mol. The van der Waals surface area contributed by atoms with E-state index in [4.69, 9.17) is 4.74 Å². The van der Waals surface area contributed by atoms with Crippen molar-refractivity contribution >= 4 is 5.69 Å². The average molecular weight is 501 g/mol. The predicted molar refractivity (Wildman–Crippen MR) is 155 cm³/mol. The lowest BCUT2D eigenvalue weighted by Crippen LogP contribution is -2.25. The van der Waals surface area contributed by atoms with Crippen LogP contribution in [0.4, 0.5) is 5.69 Å². The van der Waals surface area contributed by atoms with Crippen LogP contribution in [0, 0.1) is 5.92 Å². The van der Waals surface area contributed by atoms with E-state index in [9.17, 15) is 5.11 Å². The first-order chi connectivity index (χ1) is 17.9. The van der Waals surface area contributed by atoms with Crippen molar-refractivity contribution in [2.75, 3.05) is 38.7 Å². The Kier molecular flexibility index (Phi) is 9.15. The molecule has 1 aliphatic carbocycles. The maximum atomic E-state index is 9.90. The van der Waals surface area contributed by atoms with Gasteiger partial charge in [-0.1, -0.05) is 50.2 Å². The molecule has 1 N–H and O–H groups in total. The Hall–Kier alpha value is -2.98. The molecule has 0 fully saturated rings. The van der Waals surface area contributed by atoms with E-state index in [1.54, 1.807) is 7.11 Å². The summed E-state index contributed by atoms with van der Waals surface area (Å²) in [7, 11) is 3.96. The van der Waals surface area contributed by atoms with Gasteiger partial charge in [-0.15, -0.1) is 0 Å². The van der Waals surface area contributed by atoms with E-state index in [2.05, 4.69) is 86.1 Å². The molecule has 3 aromatic carbocycles. The molecular formula is C33H44N2O2. The molecule has 0 aromatic heterocycles. The lowest BCUT2D eigenvalue weighted by Gasteiger charge is -2.32. The van der Waals surface area contributed by atoms with Gasteiger partial charge in [0.25, 0.3) is 0 Å². The molecule has 0 saturated heterocycles. The minimum atomic E-state index is 0.369. The average Bonchev–Trinajstić information content (AvgIpc) is 2.90. The van der Waals surface area contributed by atoms with Gasteiger partial charge in [0, 0.05) is 37.9 Å². The highest BCUT2D eigenvalue weighted by Crippen LogP contribution is 2.40. The van der Waals surface area contributed by atoms with E-state index in [0.717, 1.165) is 57.6 Å². The highest BCUT2D eigenvalue weighted by atomic mass is 16.5. The number of aryl methyl sites for hydroxylation is 1. The van der Waals surface area contributed by atoms with Crippen molar-refractivity contribution in [2.45, 2.75) is 58.9 Å². The van der Waals surface area contributed by atoms with E-state index in [1.807, 2.05) is 12.1 Å². The molecule has 4 heteroatoms. The molecule has 4 rings (SSSR count). The fourth-order valence-corrected chi connectivity index (χ4v) is 5.71. The molecule has 0 bridgehead atoms. The van der Waals surface area contributed by atoms with Crippen LogP contribution in [-0.2, 0) is 25.8 Å². The Morgan fingerprint density at radius 2 is 1.73 bits per heavy atom. The zero-order valence-corrected chi connectivity index (χ0v) is 23.3. The molecule has 1 aliphatic rings. The third-order valence-electron chi connectivity index (χ3n) is 7.67. The van der Waals surface area contributed by atoms with Crippen LogP contribution in [0.2, 0.25) is 0 Å². The summed E-state index contributed by atoms with van der Waals surface area (Å²) in [6, 6.07) is 21.6. The topological polar surface area (TPSA) is 35.9 Å². The second kappa shape index (κ2) is 12.5. The molecule has 4 nitrogen and oxygen atoms in total. The van der Waals surface area contributed by atoms with E-state index in [0.29, 0.717) is 17.6 Å². The first-order valence-corrected chi connectivity index (χ1v) is 13.9. The number of benzene rings is 3. The summed E-state index contributed by atoms with van der Waals surface area (Å²) in [5.41, 5.74) is 8.04. The number of aromatic hydroxyl groups is 1. The minimum absolute atomic E-state index is 0.369. The Labute approximate surface area is 223 Å². The summed E-state index contributed by atoms with van der Waals surface area (Å²) in [5, 5.41) is 9.90. The van der Waals surface area contributed by atoms with E-state index >= 15 is 0 Å². The molecule has 1 atom stereocenters. The van der Waals surface area contributed by atoms with Crippen molar-refractivity contribution in [1.82, 2.24) is 4.90 Å². The second-order valence-corrected chi connectivity index (χ2v) is 11.1. The molecule has 0 heterocycles. The number of nitrogens with zero attached hydrogens (tertiary/aromatic N) is 2. The Bertz CT molecular complexity index is 1160. The number of fused-ring (bicyclic) bond motifs is 1. The third-order valence-corrected chi connectivity index (χ3v) is 7.67. The van der Waals surface area contributed by atoms with Crippen LogP contribution in [0.3, 0.4) is 0 Å². The zero-order chi connectivity index (χ0) is 26.4. The number of ether oxygens (including phenoxy) is 1. The normalized spacial score (nSPS) is 15.2. The van der Waals surface area contributed by atoms with Crippen LogP contribution < -0.4 is 9.64 Å². The summed E-state index contributed by atoms with van der Waals surface area (Å²) < 4.78 is 5.64. The number of likely N-dealkylation sites (N-methyl/N-ethyl adjacent to an activating group) is 1. The molecule has 0 radical (unpaired) electrons. The van der Waals surface area contributed by atoms with E-state index in [-0.39, 0.29) is 0 Å². The van der Waals surface area contributed by atoms with Crippen LogP contribution in [0.15, 0.2) is 60.7 Å². The van der Waals surface area contributed by atoms with Crippen LogP contribution in [-0.4, -0.2) is 43.8 Å². The maximum absolute atomic E-state index is 9.90. The smallest absolute Gasteiger partial charge is 0.120 e. The highest BCUT2D eigenvalue weighted by Gasteiger charge is 2.24. The van der Waals surface area contributed by atoms with Crippen LogP contribution in [0.5, 0.6) is 11.5 Å². The molecule has 3 aromatic rings. The molecule has 0 amide bonds. The van der Waals surface area contributed by atoms with Crippen molar-refractivity contribution in [1.29, 1.82) is 0 Å². The van der Waals surface area contributed by atoms with Crippen molar-refractivity contribution in [3.05, 3.63) is 88.5 Å². The first kappa shape index (κ1) is 27.1. The number of anilines is 1. The van der Waals surface area contributed by atoms with Gasteiger partial charge in [0.15, 0.2) is 0 Å². The number of phenols is 1. The van der Waals surface area contributed by atoms with Gasteiger partial charge in [-0.3, -0.25) is 0 Å². The molecule has 37 heavy (non-hydrogen) atoms. The number of hydrogen-bond acceptors (Lipinski definition) is 4. The summed E-state index contributed by atoms with van der Waals surface area (Å²) in [6.07, 6.45) is 4.18. The lowest BCUT2D eigenvalue weighted by molar-refractivity contribution is 0.299. The van der Waals surface area contributed by atoms with Gasteiger partial charge in [-0.05, 0) is 97.5 Å². The summed E-state index contributed by atoms with van der Waals surface area (Å²) in [6.45, 7) is 10.8. The van der Waals surface area contributed by atoms with Gasteiger partial charge in [-0.2, -0.15) is 0 Å². The van der Waals surface area contributed by atoms with Crippen molar-refractivity contribution < 1.29 is 9.84 Å². The molecule has 0 aliphatic heterocycles. The standard InChI is InChI=1S/C33H44N2O2/c1-6-35(23-26-9-7-25(8-10-26)17-18-34(4)22-24(2)3)33-21-31(37-5)15-16-32(33)29-12-11-28-20-30(36)14-13-27(28)19-29/h7-10,13-16,20-21,24,29,36H,6,11-12,17-19,22-23H2,1-5H3. The summed E-state index contributed by atoms with van der Waals surface area (Å²) in [5.74, 6) is 2.43. The number of hydrogen-bond donors (Lipinski definition) is 1. The Morgan fingerprint density at radius 3 is 2.43 bits per heavy atom. The number of rotatable bonds is 11. The third kappa shape index (κ3) is 7.07. The summed E-state index contributed by atoms with van der Waals surface area (Å²) in [4.78, 5) is 4.91. The van der Waals surface area contributed by atoms with E-state index in [1.165, 1.54) is 33.5 Å². The predicted octanol–water partition coefficient (Wildman–Crippen LogP) is 6.83. The zero-order valence-electron chi connectivity index (χ0n) is 23.3. The van der Waals surface area contributed by atoms with Gasteiger partial charge < -0.3 is 19.6 Å². The molecule has 198 valence electrons. The van der Waals surface area contributed by atoms with E-state index < -0.39 is 0 Å². The SMILES string of the molecule is CCN(Cc1ccc(CCN(C)CC(C)C)cc1)c1cc(OC)ccc1C1CCc2cc(O)ccc2C1. The number of phenolic OH excluding ortho intramolecular Hbond substituents is 1. The Balaban J connectivity index is 1.50. The van der Waals surface area contributed by atoms with Gasteiger partial charge in [0.2, 0.25) is 0 Å². The fraction of sp³-hybridized carbons (Fsp3) is 0.455. The van der Waals surface area contributed by atoms with Crippen molar-refractivity contribution in [3.8, 4) is 11.5 Å². The van der Waals surface area contributed by atoms with Crippen LogP contribution >= 0.6 is 0 Å². The molecule has 0 spiro atoms. The highest BCUT2D eigenvalue weighted by molar-refractivity contribution is 5.60. The molecule has 0 saturated carbocycles. The minimum Gasteiger partial charge on any atom is -0.508 e.